The molecule has 5 heteroatoms. The van der Waals surface area contributed by atoms with E-state index in [9.17, 15) is 4.39 Å². The smallest absolute Gasteiger partial charge is 0.142 e. The van der Waals surface area contributed by atoms with Crippen LogP contribution in [0.1, 0.15) is 11.1 Å². The highest BCUT2D eigenvalue weighted by atomic mass is 35.5. The lowest BCUT2D eigenvalue weighted by atomic mass is 10.1. The minimum Gasteiger partial charge on any atom is -0.389 e. The van der Waals surface area contributed by atoms with Crippen LogP contribution in [0.5, 0.6) is 0 Å². The second-order valence-electron chi connectivity index (χ2n) is 4.52. The Bertz CT molecular complexity index is 628. The Kier molecular flexibility index (Phi) is 4.57. The van der Waals surface area contributed by atoms with Crippen molar-refractivity contribution in [3.05, 3.63) is 64.4 Å². The van der Waals surface area contributed by atoms with Crippen LogP contribution in [-0.4, -0.2) is 12.0 Å². The van der Waals surface area contributed by atoms with E-state index in [1.165, 1.54) is 6.07 Å². The van der Waals surface area contributed by atoms with Crippen LogP contribution in [-0.2, 0) is 6.54 Å². The molecule has 0 radical (unpaired) electrons. The summed E-state index contributed by atoms with van der Waals surface area (Å²) in [5.41, 5.74) is 8.24. The molecule has 20 heavy (non-hydrogen) atoms. The summed E-state index contributed by atoms with van der Waals surface area (Å²) in [7, 11) is 1.93. The highest BCUT2D eigenvalue weighted by molar-refractivity contribution is 7.80. The lowest BCUT2D eigenvalue weighted by Crippen LogP contribution is -2.17. The highest BCUT2D eigenvalue weighted by Gasteiger charge is 2.06. The Hall–Kier alpha value is -1.65. The summed E-state index contributed by atoms with van der Waals surface area (Å²) in [5.74, 6) is -0.401. The Morgan fingerprint density at radius 2 is 1.90 bits per heavy atom. The van der Waals surface area contributed by atoms with Gasteiger partial charge in [0.05, 0.1) is 5.02 Å². The monoisotopic (exact) mass is 308 g/mol. The number of halogens is 2. The van der Waals surface area contributed by atoms with Crippen LogP contribution < -0.4 is 10.6 Å². The van der Waals surface area contributed by atoms with Gasteiger partial charge in [0.1, 0.15) is 10.8 Å². The maximum atomic E-state index is 13.4. The molecule has 0 fully saturated rings. The second-order valence-corrected chi connectivity index (χ2v) is 5.36. The summed E-state index contributed by atoms with van der Waals surface area (Å²) in [6.45, 7) is 0.584. The minimum atomic E-state index is -0.401. The van der Waals surface area contributed by atoms with Gasteiger partial charge in [-0.15, -0.1) is 0 Å². The number of anilines is 1. The van der Waals surface area contributed by atoms with E-state index in [1.54, 1.807) is 6.07 Å². The molecule has 0 aromatic heterocycles. The molecule has 2 nitrogen and oxygen atoms in total. The van der Waals surface area contributed by atoms with Gasteiger partial charge in [0, 0.05) is 24.8 Å². The summed E-state index contributed by atoms with van der Waals surface area (Å²) < 4.78 is 13.4. The molecular weight excluding hydrogens is 295 g/mol. The van der Waals surface area contributed by atoms with Crippen molar-refractivity contribution < 1.29 is 4.39 Å². The first-order valence-electron chi connectivity index (χ1n) is 6.02. The summed E-state index contributed by atoms with van der Waals surface area (Å²) in [5, 5.41) is 0.136. The molecule has 0 saturated heterocycles. The fraction of sp³-hybridized carbons (Fsp3) is 0.133. The van der Waals surface area contributed by atoms with Crippen LogP contribution >= 0.6 is 23.8 Å². The predicted octanol–water partition coefficient (Wildman–Crippen LogP) is 3.75. The third-order valence-electron chi connectivity index (χ3n) is 3.00. The number of thiocarbonyl (C=S) groups is 1. The van der Waals surface area contributed by atoms with Crippen LogP contribution in [0.25, 0.3) is 0 Å². The van der Waals surface area contributed by atoms with Crippen molar-refractivity contribution in [1.29, 1.82) is 0 Å². The van der Waals surface area contributed by atoms with E-state index in [-0.39, 0.29) is 5.02 Å². The summed E-state index contributed by atoms with van der Waals surface area (Å²) in [6, 6.07) is 12.4. The van der Waals surface area contributed by atoms with Gasteiger partial charge in [0.25, 0.3) is 0 Å². The van der Waals surface area contributed by atoms with Gasteiger partial charge in [0.15, 0.2) is 0 Å². The predicted molar refractivity (Wildman–Crippen MR) is 85.8 cm³/mol. The van der Waals surface area contributed by atoms with Crippen LogP contribution in [0.2, 0.25) is 5.02 Å². The largest absolute Gasteiger partial charge is 0.389 e. The molecule has 0 saturated carbocycles. The van der Waals surface area contributed by atoms with Crippen molar-refractivity contribution in [2.24, 2.45) is 5.73 Å². The van der Waals surface area contributed by atoms with Crippen LogP contribution in [0.15, 0.2) is 42.5 Å². The summed E-state index contributed by atoms with van der Waals surface area (Å²) in [4.78, 5) is 2.38. The third-order valence-corrected chi connectivity index (χ3v) is 3.54. The Morgan fingerprint density at radius 3 is 2.45 bits per heavy atom. The Balaban J connectivity index is 2.12. The number of hydrogen-bond acceptors (Lipinski definition) is 2. The zero-order valence-corrected chi connectivity index (χ0v) is 12.5. The molecule has 0 spiro atoms. The number of rotatable bonds is 4. The fourth-order valence-electron chi connectivity index (χ4n) is 1.88. The number of nitrogens with zero attached hydrogens (tertiary/aromatic N) is 1. The zero-order chi connectivity index (χ0) is 14.7. The molecule has 0 aliphatic rings. The average Bonchev–Trinajstić information content (AvgIpc) is 2.43. The van der Waals surface area contributed by atoms with Gasteiger partial charge in [0.2, 0.25) is 0 Å². The standard InChI is InChI=1S/C15H14ClFN2S/c1-19(9-10-2-7-13(16)14(17)8-10)12-5-3-11(4-6-12)15(18)20/h2-8H,9H2,1H3,(H2,18,20). The SMILES string of the molecule is CN(Cc1ccc(Cl)c(F)c1)c1ccc(C(N)=S)cc1. The molecule has 0 bridgehead atoms. The molecule has 0 aliphatic heterocycles. The number of benzene rings is 2. The maximum absolute atomic E-state index is 13.4. The van der Waals surface area contributed by atoms with Crippen LogP contribution in [0.3, 0.4) is 0 Å². The molecule has 2 aromatic carbocycles. The fourth-order valence-corrected chi connectivity index (χ4v) is 2.14. The van der Waals surface area contributed by atoms with Crippen molar-refractivity contribution in [2.45, 2.75) is 6.54 Å². The number of hydrogen-bond donors (Lipinski definition) is 1. The van der Waals surface area contributed by atoms with Gasteiger partial charge in [-0.05, 0) is 42.0 Å². The molecule has 104 valence electrons. The van der Waals surface area contributed by atoms with Crippen molar-refractivity contribution in [2.75, 3.05) is 11.9 Å². The van der Waals surface area contributed by atoms with E-state index in [0.717, 1.165) is 16.8 Å². The van der Waals surface area contributed by atoms with Gasteiger partial charge >= 0.3 is 0 Å². The first-order valence-corrected chi connectivity index (χ1v) is 6.81. The van der Waals surface area contributed by atoms with Gasteiger partial charge < -0.3 is 10.6 Å². The topological polar surface area (TPSA) is 29.3 Å². The van der Waals surface area contributed by atoms with Crippen LogP contribution in [0, 0.1) is 5.82 Å². The van der Waals surface area contributed by atoms with Gasteiger partial charge in [-0.1, -0.05) is 29.9 Å². The van der Waals surface area contributed by atoms with Crippen molar-refractivity contribution in [3.63, 3.8) is 0 Å². The van der Waals surface area contributed by atoms with Crippen LogP contribution in [0.4, 0.5) is 10.1 Å². The molecule has 2 rings (SSSR count). The normalized spacial score (nSPS) is 10.3. The molecule has 0 aliphatic carbocycles. The quantitative estimate of drug-likeness (QED) is 0.872. The Morgan fingerprint density at radius 1 is 1.25 bits per heavy atom. The molecule has 2 aromatic rings. The maximum Gasteiger partial charge on any atom is 0.142 e. The zero-order valence-electron chi connectivity index (χ0n) is 10.9. The molecule has 2 N–H and O–H groups in total. The van der Waals surface area contributed by atoms with E-state index in [4.69, 9.17) is 29.6 Å². The minimum absolute atomic E-state index is 0.136. The lowest BCUT2D eigenvalue weighted by molar-refractivity contribution is 0.625. The van der Waals surface area contributed by atoms with E-state index < -0.39 is 5.82 Å². The average molecular weight is 309 g/mol. The molecule has 0 amide bonds. The molecule has 0 atom stereocenters. The summed E-state index contributed by atoms with van der Waals surface area (Å²) in [6.07, 6.45) is 0. The number of nitrogens with two attached hydrogens (primary N) is 1. The van der Waals surface area contributed by atoms with Crippen molar-refractivity contribution in [1.82, 2.24) is 0 Å². The molecule has 0 heterocycles. The van der Waals surface area contributed by atoms with E-state index in [0.29, 0.717) is 11.5 Å². The van der Waals surface area contributed by atoms with E-state index in [1.807, 2.05) is 42.3 Å². The van der Waals surface area contributed by atoms with Crippen molar-refractivity contribution >= 4 is 34.5 Å². The molecule has 0 unspecified atom stereocenters. The van der Waals surface area contributed by atoms with E-state index in [2.05, 4.69) is 0 Å². The second kappa shape index (κ2) is 6.20. The van der Waals surface area contributed by atoms with Gasteiger partial charge in [-0.25, -0.2) is 4.39 Å². The first-order chi connectivity index (χ1) is 9.47. The summed E-state index contributed by atoms with van der Waals surface area (Å²) >= 11 is 10.6. The Labute approximate surface area is 128 Å². The highest BCUT2D eigenvalue weighted by Crippen LogP contribution is 2.19. The van der Waals surface area contributed by atoms with Gasteiger partial charge in [-0.3, -0.25) is 0 Å². The third kappa shape index (κ3) is 3.46. The molecular formula is C15H14ClFN2S. The van der Waals surface area contributed by atoms with E-state index >= 15 is 0 Å². The lowest BCUT2D eigenvalue weighted by Gasteiger charge is -2.20. The first kappa shape index (κ1) is 14.8. The van der Waals surface area contributed by atoms with Gasteiger partial charge in [-0.2, -0.15) is 0 Å². The van der Waals surface area contributed by atoms with Crippen molar-refractivity contribution in [3.8, 4) is 0 Å².